The monoisotopic (exact) mass is 173 g/mol. The number of hydrogen-bond donors (Lipinski definition) is 0. The number of rotatable bonds is 1. The predicted octanol–water partition coefficient (Wildman–Crippen LogP) is 1.88. The molecule has 0 atom stereocenters. The molecule has 0 saturated heterocycles. The van der Waals surface area contributed by atoms with Crippen molar-refractivity contribution in [2.24, 2.45) is 0 Å². The molecule has 3 heteroatoms. The molecule has 0 N–H and O–H groups in total. The molecule has 0 spiro atoms. The molecule has 0 bridgehead atoms. The van der Waals surface area contributed by atoms with Crippen LogP contribution < -0.4 is 0 Å². The SMILES string of the molecule is Cc1ccn(-c2ccncc2C)n1. The highest BCUT2D eigenvalue weighted by molar-refractivity contribution is 5.36. The zero-order valence-electron chi connectivity index (χ0n) is 7.73. The lowest BCUT2D eigenvalue weighted by atomic mass is 10.3. The van der Waals surface area contributed by atoms with Gasteiger partial charge in [-0.1, -0.05) is 0 Å². The Morgan fingerprint density at radius 3 is 2.69 bits per heavy atom. The molecular formula is C10H11N3. The molecule has 2 heterocycles. The van der Waals surface area contributed by atoms with E-state index in [9.17, 15) is 0 Å². The van der Waals surface area contributed by atoms with E-state index >= 15 is 0 Å². The third-order valence-corrected chi connectivity index (χ3v) is 1.96. The highest BCUT2D eigenvalue weighted by Crippen LogP contribution is 2.10. The molecule has 0 unspecified atom stereocenters. The van der Waals surface area contributed by atoms with E-state index in [1.807, 2.05) is 43.1 Å². The van der Waals surface area contributed by atoms with Gasteiger partial charge in [-0.15, -0.1) is 0 Å². The Morgan fingerprint density at radius 2 is 2.08 bits per heavy atom. The van der Waals surface area contributed by atoms with Crippen molar-refractivity contribution in [1.82, 2.24) is 14.8 Å². The van der Waals surface area contributed by atoms with E-state index in [2.05, 4.69) is 10.1 Å². The van der Waals surface area contributed by atoms with Gasteiger partial charge in [0.05, 0.1) is 11.4 Å². The van der Waals surface area contributed by atoms with E-state index in [1.165, 1.54) is 0 Å². The summed E-state index contributed by atoms with van der Waals surface area (Å²) in [6.45, 7) is 4.01. The van der Waals surface area contributed by atoms with Gasteiger partial charge in [-0.05, 0) is 31.5 Å². The molecule has 0 fully saturated rings. The first-order chi connectivity index (χ1) is 6.27. The Bertz CT molecular complexity index is 418. The predicted molar refractivity (Wildman–Crippen MR) is 50.8 cm³/mol. The molecule has 2 rings (SSSR count). The fourth-order valence-corrected chi connectivity index (χ4v) is 1.27. The second kappa shape index (κ2) is 3.01. The van der Waals surface area contributed by atoms with Crippen LogP contribution in [0.2, 0.25) is 0 Å². The smallest absolute Gasteiger partial charge is 0.0705 e. The van der Waals surface area contributed by atoms with Gasteiger partial charge in [0.2, 0.25) is 0 Å². The lowest BCUT2D eigenvalue weighted by Crippen LogP contribution is -1.97. The topological polar surface area (TPSA) is 30.7 Å². The summed E-state index contributed by atoms with van der Waals surface area (Å²) in [6, 6.07) is 3.95. The number of aromatic nitrogens is 3. The second-order valence-corrected chi connectivity index (χ2v) is 3.06. The van der Waals surface area contributed by atoms with Crippen LogP contribution in [0.1, 0.15) is 11.3 Å². The Morgan fingerprint density at radius 1 is 1.23 bits per heavy atom. The summed E-state index contributed by atoms with van der Waals surface area (Å²) in [5.74, 6) is 0. The van der Waals surface area contributed by atoms with Gasteiger partial charge in [-0.25, -0.2) is 4.68 Å². The standard InChI is InChI=1S/C10H11N3/c1-8-7-11-5-3-10(8)13-6-4-9(2)12-13/h3-7H,1-2H3. The largest absolute Gasteiger partial charge is 0.264 e. The quantitative estimate of drug-likeness (QED) is 0.659. The Balaban J connectivity index is 2.52. The van der Waals surface area contributed by atoms with Crippen LogP contribution in [-0.4, -0.2) is 14.8 Å². The first-order valence-corrected chi connectivity index (χ1v) is 4.20. The van der Waals surface area contributed by atoms with E-state index in [1.54, 1.807) is 6.20 Å². The average Bonchev–Trinajstić information content (AvgIpc) is 2.53. The first kappa shape index (κ1) is 7.98. The van der Waals surface area contributed by atoms with Crippen molar-refractivity contribution < 1.29 is 0 Å². The molecule has 0 saturated carbocycles. The molecule has 13 heavy (non-hydrogen) atoms. The van der Waals surface area contributed by atoms with Crippen LogP contribution in [0.25, 0.3) is 5.69 Å². The third kappa shape index (κ3) is 1.45. The number of hydrogen-bond acceptors (Lipinski definition) is 2. The third-order valence-electron chi connectivity index (χ3n) is 1.96. The molecule has 0 amide bonds. The Labute approximate surface area is 77.0 Å². The fraction of sp³-hybridized carbons (Fsp3) is 0.200. The van der Waals surface area contributed by atoms with Crippen molar-refractivity contribution in [2.45, 2.75) is 13.8 Å². The van der Waals surface area contributed by atoms with E-state index in [4.69, 9.17) is 0 Å². The summed E-state index contributed by atoms with van der Waals surface area (Å²) in [4.78, 5) is 4.04. The normalized spacial score (nSPS) is 10.3. The van der Waals surface area contributed by atoms with Crippen molar-refractivity contribution in [1.29, 1.82) is 0 Å². The van der Waals surface area contributed by atoms with Crippen molar-refractivity contribution in [3.05, 3.63) is 42.0 Å². The van der Waals surface area contributed by atoms with E-state index in [-0.39, 0.29) is 0 Å². The van der Waals surface area contributed by atoms with Crippen molar-refractivity contribution in [3.8, 4) is 5.69 Å². The van der Waals surface area contributed by atoms with Gasteiger partial charge >= 0.3 is 0 Å². The van der Waals surface area contributed by atoms with Gasteiger partial charge in [0.15, 0.2) is 0 Å². The molecule has 0 aliphatic carbocycles. The maximum Gasteiger partial charge on any atom is 0.0705 e. The zero-order valence-corrected chi connectivity index (χ0v) is 7.73. The van der Waals surface area contributed by atoms with Gasteiger partial charge in [0.25, 0.3) is 0 Å². The van der Waals surface area contributed by atoms with E-state index in [0.29, 0.717) is 0 Å². The minimum atomic E-state index is 1.02. The van der Waals surface area contributed by atoms with Crippen LogP contribution in [0.5, 0.6) is 0 Å². The molecule has 0 aromatic carbocycles. The molecule has 0 aliphatic heterocycles. The summed E-state index contributed by atoms with van der Waals surface area (Å²) < 4.78 is 1.87. The highest BCUT2D eigenvalue weighted by Gasteiger charge is 2.00. The van der Waals surface area contributed by atoms with Crippen molar-refractivity contribution >= 4 is 0 Å². The van der Waals surface area contributed by atoms with Gasteiger partial charge in [-0.2, -0.15) is 5.10 Å². The lowest BCUT2D eigenvalue weighted by Gasteiger charge is -2.03. The molecular weight excluding hydrogens is 162 g/mol. The van der Waals surface area contributed by atoms with Crippen LogP contribution in [-0.2, 0) is 0 Å². The number of pyridine rings is 1. The van der Waals surface area contributed by atoms with Crippen LogP contribution >= 0.6 is 0 Å². The molecule has 2 aromatic heterocycles. The molecule has 2 aromatic rings. The zero-order chi connectivity index (χ0) is 9.26. The number of aryl methyl sites for hydroxylation is 2. The molecule has 0 aliphatic rings. The maximum atomic E-state index is 4.33. The van der Waals surface area contributed by atoms with Crippen LogP contribution in [0.3, 0.4) is 0 Å². The highest BCUT2D eigenvalue weighted by atomic mass is 15.3. The summed E-state index contributed by atoms with van der Waals surface area (Å²) in [5.41, 5.74) is 3.24. The summed E-state index contributed by atoms with van der Waals surface area (Å²) in [5, 5.41) is 4.33. The first-order valence-electron chi connectivity index (χ1n) is 4.20. The van der Waals surface area contributed by atoms with Crippen LogP contribution in [0, 0.1) is 13.8 Å². The Kier molecular flexibility index (Phi) is 1.85. The Hall–Kier alpha value is -1.64. The summed E-state index contributed by atoms with van der Waals surface area (Å²) in [6.07, 6.45) is 5.57. The average molecular weight is 173 g/mol. The molecule has 66 valence electrons. The fourth-order valence-electron chi connectivity index (χ4n) is 1.27. The van der Waals surface area contributed by atoms with E-state index < -0.39 is 0 Å². The van der Waals surface area contributed by atoms with Gasteiger partial charge in [-0.3, -0.25) is 4.98 Å². The lowest BCUT2D eigenvalue weighted by molar-refractivity contribution is 0.852. The molecule has 0 radical (unpaired) electrons. The van der Waals surface area contributed by atoms with Gasteiger partial charge in [0.1, 0.15) is 0 Å². The van der Waals surface area contributed by atoms with Gasteiger partial charge < -0.3 is 0 Å². The van der Waals surface area contributed by atoms with Crippen LogP contribution in [0.4, 0.5) is 0 Å². The van der Waals surface area contributed by atoms with Crippen molar-refractivity contribution in [2.75, 3.05) is 0 Å². The van der Waals surface area contributed by atoms with Crippen LogP contribution in [0.15, 0.2) is 30.7 Å². The summed E-state index contributed by atoms with van der Waals surface area (Å²) in [7, 11) is 0. The number of nitrogens with zero attached hydrogens (tertiary/aromatic N) is 3. The second-order valence-electron chi connectivity index (χ2n) is 3.06. The van der Waals surface area contributed by atoms with Crippen molar-refractivity contribution in [3.63, 3.8) is 0 Å². The minimum absolute atomic E-state index is 1.02. The van der Waals surface area contributed by atoms with E-state index in [0.717, 1.165) is 16.9 Å². The van der Waals surface area contributed by atoms with Gasteiger partial charge in [0, 0.05) is 18.6 Å². The summed E-state index contributed by atoms with van der Waals surface area (Å²) >= 11 is 0. The minimum Gasteiger partial charge on any atom is -0.264 e. The molecule has 3 nitrogen and oxygen atoms in total. The maximum absolute atomic E-state index is 4.33.